The molecule has 0 radical (unpaired) electrons. The minimum atomic E-state index is -0.435. The molecule has 0 aliphatic carbocycles. The molecule has 0 bridgehead atoms. The van der Waals surface area contributed by atoms with E-state index in [1.807, 2.05) is 6.07 Å². The number of aromatic nitrogens is 3. The summed E-state index contributed by atoms with van der Waals surface area (Å²) in [5.41, 5.74) is 0.795. The molecule has 0 fully saturated rings. The fourth-order valence-electron chi connectivity index (χ4n) is 1.77. The summed E-state index contributed by atoms with van der Waals surface area (Å²) in [6.45, 7) is 1.91. The Labute approximate surface area is 132 Å². The van der Waals surface area contributed by atoms with Crippen molar-refractivity contribution in [2.24, 2.45) is 0 Å². The zero-order valence-electron chi connectivity index (χ0n) is 12.0. The normalized spacial score (nSPS) is 10.3. The molecular weight excluding hydrogens is 308 g/mol. The topological polar surface area (TPSA) is 86.1 Å². The van der Waals surface area contributed by atoms with Crippen molar-refractivity contribution in [1.82, 2.24) is 15.0 Å². The molecule has 1 amide bonds. The summed E-state index contributed by atoms with van der Waals surface area (Å²) in [4.78, 5) is 24.4. The fraction of sp³-hybridized carbons (Fsp3) is 0.286. The van der Waals surface area contributed by atoms with Crippen molar-refractivity contribution in [1.29, 1.82) is 0 Å². The highest BCUT2D eigenvalue weighted by Crippen LogP contribution is 2.11. The molecule has 2 rings (SSSR count). The Kier molecular flexibility index (Phi) is 5.48. The van der Waals surface area contributed by atoms with E-state index in [2.05, 4.69) is 15.5 Å². The van der Waals surface area contributed by atoms with Crippen molar-refractivity contribution in [3.63, 3.8) is 0 Å². The molecule has 116 valence electrons. The number of hydrogen-bond donors (Lipinski definition) is 1. The maximum absolute atomic E-state index is 11.9. The number of carbonyl (C=O) groups is 2. The third-order valence-corrected chi connectivity index (χ3v) is 2.87. The van der Waals surface area contributed by atoms with Crippen molar-refractivity contribution in [3.8, 4) is 0 Å². The van der Waals surface area contributed by atoms with E-state index in [-0.39, 0.29) is 24.7 Å². The lowest BCUT2D eigenvalue weighted by atomic mass is 10.1. The van der Waals surface area contributed by atoms with Gasteiger partial charge in [0.15, 0.2) is 12.4 Å². The second-order valence-corrected chi connectivity index (χ2v) is 4.86. The van der Waals surface area contributed by atoms with Gasteiger partial charge in [0.1, 0.15) is 0 Å². The first kappa shape index (κ1) is 16.0. The van der Waals surface area contributed by atoms with Crippen LogP contribution in [0.15, 0.2) is 30.5 Å². The van der Waals surface area contributed by atoms with E-state index in [1.165, 1.54) is 6.20 Å². The lowest BCUT2D eigenvalue weighted by Gasteiger charge is -2.02. The maximum Gasteiger partial charge on any atom is 0.329 e. The monoisotopic (exact) mass is 322 g/mol. The largest absolute Gasteiger partial charge is 0.465 e. The van der Waals surface area contributed by atoms with Crippen molar-refractivity contribution >= 4 is 29.3 Å². The molecule has 22 heavy (non-hydrogen) atoms. The van der Waals surface area contributed by atoms with Crippen molar-refractivity contribution in [3.05, 3.63) is 41.0 Å². The lowest BCUT2D eigenvalue weighted by Crippen LogP contribution is -2.17. The van der Waals surface area contributed by atoms with Crippen LogP contribution in [0.4, 0.5) is 5.82 Å². The fourth-order valence-corrected chi connectivity index (χ4v) is 1.99. The molecule has 0 saturated carbocycles. The van der Waals surface area contributed by atoms with Gasteiger partial charge < -0.3 is 10.1 Å². The van der Waals surface area contributed by atoms with Crippen LogP contribution in [-0.2, 0) is 27.3 Å². The first-order valence-corrected chi connectivity index (χ1v) is 7.04. The second kappa shape index (κ2) is 7.56. The Morgan fingerprint density at radius 3 is 2.95 bits per heavy atom. The standard InChI is InChI=1S/C14H15ClN4O3/c1-2-22-14(21)9-19-16-8-12(18-19)17-13(20)7-10-4-3-5-11(15)6-10/h3-6,8H,2,7,9H2,1H3,(H,17,18,20). The average Bonchev–Trinajstić information content (AvgIpc) is 2.85. The van der Waals surface area contributed by atoms with E-state index >= 15 is 0 Å². The number of anilines is 1. The van der Waals surface area contributed by atoms with Crippen LogP contribution in [0.5, 0.6) is 0 Å². The Bertz CT molecular complexity index is 672. The summed E-state index contributed by atoms with van der Waals surface area (Å²) >= 11 is 5.86. The molecule has 1 heterocycles. The van der Waals surface area contributed by atoms with Gasteiger partial charge in [0.2, 0.25) is 5.91 Å². The van der Waals surface area contributed by atoms with Gasteiger partial charge >= 0.3 is 5.97 Å². The molecule has 2 aromatic rings. The first-order chi connectivity index (χ1) is 10.6. The van der Waals surface area contributed by atoms with E-state index in [0.717, 1.165) is 10.4 Å². The van der Waals surface area contributed by atoms with Crippen LogP contribution in [0.1, 0.15) is 12.5 Å². The van der Waals surface area contributed by atoms with E-state index in [9.17, 15) is 9.59 Å². The molecule has 0 saturated heterocycles. The summed E-state index contributed by atoms with van der Waals surface area (Å²) in [6, 6.07) is 7.05. The maximum atomic E-state index is 11.9. The molecule has 1 aromatic carbocycles. The van der Waals surface area contributed by atoms with Gasteiger partial charge in [-0.25, -0.2) is 4.79 Å². The zero-order chi connectivity index (χ0) is 15.9. The van der Waals surface area contributed by atoms with Gasteiger partial charge in [-0.3, -0.25) is 4.79 Å². The van der Waals surface area contributed by atoms with Crippen LogP contribution < -0.4 is 5.32 Å². The van der Waals surface area contributed by atoms with E-state index in [4.69, 9.17) is 16.3 Å². The van der Waals surface area contributed by atoms with Gasteiger partial charge in [-0.15, -0.1) is 5.10 Å². The summed E-state index contributed by atoms with van der Waals surface area (Å²) in [6.07, 6.45) is 1.54. The number of rotatable bonds is 6. The van der Waals surface area contributed by atoms with Gasteiger partial charge in [0, 0.05) is 5.02 Å². The van der Waals surface area contributed by atoms with E-state index in [1.54, 1.807) is 25.1 Å². The first-order valence-electron chi connectivity index (χ1n) is 6.67. The van der Waals surface area contributed by atoms with Crippen molar-refractivity contribution in [2.75, 3.05) is 11.9 Å². The quantitative estimate of drug-likeness (QED) is 0.818. The molecule has 1 aromatic heterocycles. The second-order valence-electron chi connectivity index (χ2n) is 4.42. The van der Waals surface area contributed by atoms with Crippen molar-refractivity contribution < 1.29 is 14.3 Å². The molecule has 0 unspecified atom stereocenters. The number of nitrogens with zero attached hydrogens (tertiary/aromatic N) is 3. The Balaban J connectivity index is 1.89. The molecule has 0 aliphatic heterocycles. The molecule has 8 heteroatoms. The number of nitrogens with one attached hydrogen (secondary N) is 1. The minimum absolute atomic E-state index is 0.0992. The highest BCUT2D eigenvalue weighted by atomic mass is 35.5. The van der Waals surface area contributed by atoms with Gasteiger partial charge in [0.25, 0.3) is 0 Å². The number of carbonyl (C=O) groups excluding carboxylic acids is 2. The van der Waals surface area contributed by atoms with Crippen LogP contribution in [0.25, 0.3) is 0 Å². The third-order valence-electron chi connectivity index (χ3n) is 2.63. The van der Waals surface area contributed by atoms with Crippen LogP contribution in [0.2, 0.25) is 5.02 Å². The van der Waals surface area contributed by atoms with Crippen LogP contribution in [0, 0.1) is 0 Å². The Hall–Kier alpha value is -2.41. The number of halogens is 1. The van der Waals surface area contributed by atoms with Crippen LogP contribution >= 0.6 is 11.6 Å². The number of ether oxygens (including phenoxy) is 1. The van der Waals surface area contributed by atoms with Crippen molar-refractivity contribution in [2.45, 2.75) is 19.9 Å². The molecule has 0 spiro atoms. The molecule has 0 aliphatic rings. The number of amides is 1. The van der Waals surface area contributed by atoms with Crippen LogP contribution in [-0.4, -0.2) is 33.5 Å². The summed E-state index contributed by atoms with van der Waals surface area (Å²) in [5, 5.41) is 11.0. The predicted octanol–water partition coefficient (Wildman–Crippen LogP) is 1.68. The highest BCUT2D eigenvalue weighted by molar-refractivity contribution is 6.30. The van der Waals surface area contributed by atoms with Gasteiger partial charge in [-0.2, -0.15) is 9.90 Å². The highest BCUT2D eigenvalue weighted by Gasteiger charge is 2.10. The van der Waals surface area contributed by atoms with Gasteiger partial charge in [-0.05, 0) is 24.6 Å². The number of hydrogen-bond acceptors (Lipinski definition) is 5. The van der Waals surface area contributed by atoms with Gasteiger partial charge in [0.05, 0.1) is 19.2 Å². The zero-order valence-corrected chi connectivity index (χ0v) is 12.7. The van der Waals surface area contributed by atoms with Crippen LogP contribution in [0.3, 0.4) is 0 Å². The molecule has 1 N–H and O–H groups in total. The lowest BCUT2D eigenvalue weighted by molar-refractivity contribution is -0.144. The minimum Gasteiger partial charge on any atom is -0.465 e. The summed E-state index contributed by atoms with van der Waals surface area (Å²) in [7, 11) is 0. The average molecular weight is 323 g/mol. The summed E-state index contributed by atoms with van der Waals surface area (Å²) < 4.78 is 4.79. The summed E-state index contributed by atoms with van der Waals surface area (Å²) in [5.74, 6) is -0.406. The van der Waals surface area contributed by atoms with E-state index < -0.39 is 5.97 Å². The smallest absolute Gasteiger partial charge is 0.329 e. The van der Waals surface area contributed by atoms with E-state index in [0.29, 0.717) is 11.6 Å². The predicted molar refractivity (Wildman–Crippen MR) is 80.4 cm³/mol. The number of benzene rings is 1. The molecular formula is C14H15ClN4O3. The molecule has 7 nitrogen and oxygen atoms in total. The Morgan fingerprint density at radius 1 is 1.41 bits per heavy atom. The molecule has 0 atom stereocenters. The third kappa shape index (κ3) is 4.85. The number of esters is 1. The SMILES string of the molecule is CCOC(=O)Cn1ncc(NC(=O)Cc2cccc(Cl)c2)n1. The Morgan fingerprint density at radius 2 is 2.23 bits per heavy atom. The van der Waals surface area contributed by atoms with Gasteiger partial charge in [-0.1, -0.05) is 23.7 Å².